The maximum absolute atomic E-state index is 8.85. The normalized spacial score (nSPS) is 13.2. The number of unbranched alkanes of at least 4 members (excludes halogenated alkanes) is 3. The minimum absolute atomic E-state index is 0.0851. The summed E-state index contributed by atoms with van der Waals surface area (Å²) in [4.78, 5) is 0. The third-order valence-electron chi connectivity index (χ3n) is 3.31. The molecule has 1 unspecified atom stereocenters. The Kier molecular flexibility index (Phi) is 6.91. The smallest absolute Gasteiger partial charge is 0.173 e. The molecule has 0 heterocycles. The molecule has 1 aromatic carbocycles. The number of oxime groups is 1. The van der Waals surface area contributed by atoms with Gasteiger partial charge in [0, 0.05) is 0 Å². The Labute approximate surface area is 121 Å². The molecular weight excluding hydrogens is 252 g/mol. The third-order valence-corrected chi connectivity index (χ3v) is 3.31. The predicted octanol–water partition coefficient (Wildman–Crippen LogP) is 3.83. The summed E-state index contributed by atoms with van der Waals surface area (Å²) in [5, 5.41) is 11.9. The van der Waals surface area contributed by atoms with Gasteiger partial charge in [0.1, 0.15) is 5.75 Å². The molecule has 0 bridgehead atoms. The lowest BCUT2D eigenvalue weighted by molar-refractivity contribution is 0.206. The number of hydrogen-bond acceptors (Lipinski definition) is 3. The standard InChI is InChI=1S/C16H26N2O2/c1-4-5-6-7-8-13(3)20-15-10-9-12(2)11-14(15)16(17)18-19/h9-11,13,19H,4-8H2,1-3H3,(H2,17,18). The Balaban J connectivity index is 2.67. The van der Waals surface area contributed by atoms with E-state index in [1.165, 1.54) is 25.7 Å². The minimum Gasteiger partial charge on any atom is -0.490 e. The summed E-state index contributed by atoms with van der Waals surface area (Å²) in [7, 11) is 0. The molecule has 0 saturated heterocycles. The molecule has 0 aliphatic rings. The summed E-state index contributed by atoms with van der Waals surface area (Å²) >= 11 is 0. The van der Waals surface area contributed by atoms with Crippen LogP contribution in [0.3, 0.4) is 0 Å². The van der Waals surface area contributed by atoms with Gasteiger partial charge in [-0.05, 0) is 38.8 Å². The molecule has 1 rings (SSSR count). The largest absolute Gasteiger partial charge is 0.490 e. The van der Waals surface area contributed by atoms with Crippen LogP contribution in [0.4, 0.5) is 0 Å². The van der Waals surface area contributed by atoms with Gasteiger partial charge in [0.05, 0.1) is 11.7 Å². The number of ether oxygens (including phenoxy) is 1. The van der Waals surface area contributed by atoms with E-state index in [0.29, 0.717) is 11.3 Å². The molecule has 0 saturated carbocycles. The molecule has 1 atom stereocenters. The van der Waals surface area contributed by atoms with Crippen molar-refractivity contribution in [2.75, 3.05) is 0 Å². The first-order valence-corrected chi connectivity index (χ1v) is 7.33. The molecule has 0 spiro atoms. The number of rotatable bonds is 8. The van der Waals surface area contributed by atoms with E-state index < -0.39 is 0 Å². The minimum atomic E-state index is 0.0851. The van der Waals surface area contributed by atoms with E-state index in [1.54, 1.807) is 0 Å². The zero-order valence-corrected chi connectivity index (χ0v) is 12.7. The monoisotopic (exact) mass is 278 g/mol. The van der Waals surface area contributed by atoms with Gasteiger partial charge in [0.15, 0.2) is 5.84 Å². The molecule has 0 amide bonds. The molecule has 4 nitrogen and oxygen atoms in total. The van der Waals surface area contributed by atoms with Crippen LogP contribution in [0.1, 0.15) is 57.1 Å². The van der Waals surface area contributed by atoms with Crippen molar-refractivity contribution in [3.63, 3.8) is 0 Å². The maximum Gasteiger partial charge on any atom is 0.173 e. The second-order valence-electron chi connectivity index (χ2n) is 5.26. The van der Waals surface area contributed by atoms with Crippen LogP contribution in [0, 0.1) is 6.92 Å². The van der Waals surface area contributed by atoms with E-state index in [9.17, 15) is 0 Å². The maximum atomic E-state index is 8.85. The Morgan fingerprint density at radius 1 is 1.35 bits per heavy atom. The molecule has 0 aliphatic carbocycles. The first-order chi connectivity index (χ1) is 9.58. The van der Waals surface area contributed by atoms with Crippen LogP contribution >= 0.6 is 0 Å². The van der Waals surface area contributed by atoms with Crippen LogP contribution in [0.2, 0.25) is 0 Å². The lowest BCUT2D eigenvalue weighted by atomic mass is 10.1. The Morgan fingerprint density at radius 3 is 2.75 bits per heavy atom. The van der Waals surface area contributed by atoms with Crippen LogP contribution in [0.15, 0.2) is 23.4 Å². The number of nitrogens with two attached hydrogens (primary N) is 1. The van der Waals surface area contributed by atoms with Crippen LogP contribution in [-0.2, 0) is 0 Å². The van der Waals surface area contributed by atoms with Gasteiger partial charge in [0.2, 0.25) is 0 Å². The van der Waals surface area contributed by atoms with Crippen LogP contribution in [-0.4, -0.2) is 17.1 Å². The molecule has 0 radical (unpaired) electrons. The molecule has 3 N–H and O–H groups in total. The van der Waals surface area contributed by atoms with E-state index in [4.69, 9.17) is 15.7 Å². The van der Waals surface area contributed by atoms with Crippen molar-refractivity contribution in [1.82, 2.24) is 0 Å². The quantitative estimate of drug-likeness (QED) is 0.250. The van der Waals surface area contributed by atoms with Gasteiger partial charge in [-0.25, -0.2) is 0 Å². The third kappa shape index (κ3) is 5.11. The van der Waals surface area contributed by atoms with Gasteiger partial charge in [-0.2, -0.15) is 0 Å². The highest BCUT2D eigenvalue weighted by Crippen LogP contribution is 2.22. The lowest BCUT2D eigenvalue weighted by Crippen LogP contribution is -2.18. The summed E-state index contributed by atoms with van der Waals surface area (Å²) in [6.45, 7) is 6.23. The highest BCUT2D eigenvalue weighted by Gasteiger charge is 2.12. The topological polar surface area (TPSA) is 67.8 Å². The highest BCUT2D eigenvalue weighted by atomic mass is 16.5. The van der Waals surface area contributed by atoms with Crippen LogP contribution in [0.25, 0.3) is 0 Å². The fourth-order valence-electron chi connectivity index (χ4n) is 2.13. The van der Waals surface area contributed by atoms with Crippen LogP contribution < -0.4 is 10.5 Å². The van der Waals surface area contributed by atoms with Gasteiger partial charge in [0.25, 0.3) is 0 Å². The van der Waals surface area contributed by atoms with E-state index in [-0.39, 0.29) is 11.9 Å². The number of benzene rings is 1. The molecule has 0 aromatic heterocycles. The summed E-state index contributed by atoms with van der Waals surface area (Å²) in [5.74, 6) is 0.760. The molecule has 20 heavy (non-hydrogen) atoms. The van der Waals surface area contributed by atoms with E-state index in [2.05, 4.69) is 19.0 Å². The summed E-state index contributed by atoms with van der Waals surface area (Å²) in [6, 6.07) is 5.72. The first-order valence-electron chi connectivity index (χ1n) is 7.33. The Morgan fingerprint density at radius 2 is 2.10 bits per heavy atom. The van der Waals surface area contributed by atoms with Crippen molar-refractivity contribution in [3.8, 4) is 5.75 Å². The Hall–Kier alpha value is -1.71. The Bertz CT molecular complexity index is 444. The number of aryl methyl sites for hydroxylation is 1. The highest BCUT2D eigenvalue weighted by molar-refractivity contribution is 5.99. The van der Waals surface area contributed by atoms with Crippen molar-refractivity contribution in [2.24, 2.45) is 10.9 Å². The second-order valence-corrected chi connectivity index (χ2v) is 5.26. The predicted molar refractivity (Wildman–Crippen MR) is 82.5 cm³/mol. The average Bonchev–Trinajstić information content (AvgIpc) is 2.44. The van der Waals surface area contributed by atoms with Crippen LogP contribution in [0.5, 0.6) is 5.75 Å². The van der Waals surface area contributed by atoms with Crippen molar-refractivity contribution in [1.29, 1.82) is 0 Å². The van der Waals surface area contributed by atoms with Gasteiger partial charge in [-0.15, -0.1) is 0 Å². The first kappa shape index (κ1) is 16.3. The molecule has 0 fully saturated rings. The van der Waals surface area contributed by atoms with Crippen molar-refractivity contribution in [2.45, 2.75) is 59.0 Å². The molecule has 112 valence electrons. The second kappa shape index (κ2) is 8.46. The fraction of sp³-hybridized carbons (Fsp3) is 0.562. The van der Waals surface area contributed by atoms with Gasteiger partial charge >= 0.3 is 0 Å². The van der Waals surface area contributed by atoms with E-state index in [0.717, 1.165) is 12.0 Å². The van der Waals surface area contributed by atoms with E-state index >= 15 is 0 Å². The fourth-order valence-corrected chi connectivity index (χ4v) is 2.13. The number of amidine groups is 1. The van der Waals surface area contributed by atoms with Crippen molar-refractivity contribution >= 4 is 5.84 Å². The number of nitrogens with zero attached hydrogens (tertiary/aromatic N) is 1. The van der Waals surface area contributed by atoms with Gasteiger partial charge < -0.3 is 15.7 Å². The molecule has 4 heteroatoms. The molecule has 0 aliphatic heterocycles. The number of hydrogen-bond donors (Lipinski definition) is 2. The average molecular weight is 278 g/mol. The van der Waals surface area contributed by atoms with E-state index in [1.807, 2.05) is 25.1 Å². The van der Waals surface area contributed by atoms with Crippen molar-refractivity contribution < 1.29 is 9.94 Å². The zero-order valence-electron chi connectivity index (χ0n) is 12.7. The molecule has 1 aromatic rings. The van der Waals surface area contributed by atoms with Gasteiger partial charge in [-0.3, -0.25) is 0 Å². The molecular formula is C16H26N2O2. The van der Waals surface area contributed by atoms with Gasteiger partial charge in [-0.1, -0.05) is 43.0 Å². The summed E-state index contributed by atoms with van der Waals surface area (Å²) in [5.41, 5.74) is 7.40. The lowest BCUT2D eigenvalue weighted by Gasteiger charge is -2.17. The van der Waals surface area contributed by atoms with Crippen molar-refractivity contribution in [3.05, 3.63) is 29.3 Å². The summed E-state index contributed by atoms with van der Waals surface area (Å²) in [6.07, 6.45) is 6.06. The SMILES string of the molecule is CCCCCCC(C)Oc1ccc(C)cc1/C(N)=N/O. The summed E-state index contributed by atoms with van der Waals surface area (Å²) < 4.78 is 5.93. The zero-order chi connectivity index (χ0) is 15.0.